The lowest BCUT2D eigenvalue weighted by Crippen LogP contribution is -2.41. The van der Waals surface area contributed by atoms with Crippen LogP contribution in [0.25, 0.3) is 0 Å². The van der Waals surface area contributed by atoms with Gasteiger partial charge >= 0.3 is 6.18 Å². The minimum absolute atomic E-state index is 0.193. The Balaban J connectivity index is 2.21. The molecule has 0 bridgehead atoms. The molecule has 1 N–H and O–H groups in total. The van der Waals surface area contributed by atoms with E-state index in [1.54, 1.807) is 10.9 Å². The Morgan fingerprint density at radius 3 is 2.88 bits per heavy atom. The molecule has 1 aromatic rings. The highest BCUT2D eigenvalue weighted by molar-refractivity contribution is 5.13. The smallest absolute Gasteiger partial charge is 0.309 e. The highest BCUT2D eigenvalue weighted by atomic mass is 19.4. The predicted octanol–water partition coefficient (Wildman–Crippen LogP) is 2.51. The van der Waals surface area contributed by atoms with Crippen LogP contribution in [0.4, 0.5) is 13.2 Å². The van der Waals surface area contributed by atoms with E-state index in [4.69, 9.17) is 0 Å². The lowest BCUT2D eigenvalue weighted by molar-refractivity contribution is -0.189. The van der Waals surface area contributed by atoms with E-state index in [1.807, 2.05) is 6.92 Å². The van der Waals surface area contributed by atoms with Gasteiger partial charge in [-0.2, -0.15) is 18.3 Å². The van der Waals surface area contributed by atoms with Crippen molar-refractivity contribution in [3.05, 3.63) is 18.0 Å². The number of halogens is 3. The summed E-state index contributed by atoms with van der Waals surface area (Å²) in [5.74, 6) is -1.30. The minimum Gasteiger partial charge on any atom is -0.309 e. The molecule has 1 aliphatic rings. The minimum atomic E-state index is -4.15. The van der Waals surface area contributed by atoms with Crippen molar-refractivity contribution >= 4 is 0 Å². The van der Waals surface area contributed by atoms with Crippen molar-refractivity contribution in [1.82, 2.24) is 15.1 Å². The van der Waals surface area contributed by atoms with E-state index in [9.17, 15) is 13.2 Å². The fourth-order valence-corrected chi connectivity index (χ4v) is 2.30. The summed E-state index contributed by atoms with van der Waals surface area (Å²) in [6, 6.07) is -0.649. The number of alkyl halides is 3. The summed E-state index contributed by atoms with van der Waals surface area (Å²) in [4.78, 5) is 0. The standard InChI is InChI=1S/C11H16F3N3/c1-2-17-7-8(6-16-17)10-9(11(12,13)14)4-3-5-15-10/h6-7,9-10,15H,2-5H2,1H3. The Labute approximate surface area is 98.0 Å². The van der Waals surface area contributed by atoms with Gasteiger partial charge in [-0.25, -0.2) is 0 Å². The van der Waals surface area contributed by atoms with Gasteiger partial charge in [0.05, 0.1) is 12.1 Å². The van der Waals surface area contributed by atoms with Crippen molar-refractivity contribution < 1.29 is 13.2 Å². The van der Waals surface area contributed by atoms with E-state index in [-0.39, 0.29) is 6.42 Å². The molecule has 0 radical (unpaired) electrons. The summed E-state index contributed by atoms with van der Waals surface area (Å²) >= 11 is 0. The number of nitrogens with zero attached hydrogens (tertiary/aromatic N) is 2. The van der Waals surface area contributed by atoms with Crippen molar-refractivity contribution in [1.29, 1.82) is 0 Å². The highest BCUT2D eigenvalue weighted by Crippen LogP contribution is 2.40. The second-order valence-corrected chi connectivity index (χ2v) is 4.35. The van der Waals surface area contributed by atoms with Gasteiger partial charge in [-0.1, -0.05) is 0 Å². The largest absolute Gasteiger partial charge is 0.393 e. The molecule has 0 spiro atoms. The molecule has 0 aliphatic carbocycles. The number of aromatic nitrogens is 2. The first kappa shape index (κ1) is 12.4. The van der Waals surface area contributed by atoms with E-state index in [1.165, 1.54) is 6.20 Å². The van der Waals surface area contributed by atoms with Gasteiger partial charge in [0.1, 0.15) is 0 Å². The maximum atomic E-state index is 12.9. The van der Waals surface area contributed by atoms with Crippen LogP contribution < -0.4 is 5.32 Å². The van der Waals surface area contributed by atoms with Crippen LogP contribution in [0, 0.1) is 5.92 Å². The zero-order valence-electron chi connectivity index (χ0n) is 9.67. The van der Waals surface area contributed by atoms with Crippen LogP contribution in [0.2, 0.25) is 0 Å². The van der Waals surface area contributed by atoms with E-state index in [0.29, 0.717) is 25.1 Å². The molecule has 3 nitrogen and oxygen atoms in total. The van der Waals surface area contributed by atoms with Gasteiger partial charge in [-0.3, -0.25) is 4.68 Å². The molecule has 6 heteroatoms. The maximum absolute atomic E-state index is 12.9. The Bertz CT molecular complexity index is 372. The first-order valence-electron chi connectivity index (χ1n) is 5.85. The molecule has 1 saturated heterocycles. The van der Waals surface area contributed by atoms with Crippen LogP contribution in [0.3, 0.4) is 0 Å². The predicted molar refractivity (Wildman–Crippen MR) is 57.4 cm³/mol. The number of hydrogen-bond acceptors (Lipinski definition) is 2. The lowest BCUT2D eigenvalue weighted by atomic mass is 9.87. The number of hydrogen-bond donors (Lipinski definition) is 1. The summed E-state index contributed by atoms with van der Waals surface area (Å²) in [7, 11) is 0. The van der Waals surface area contributed by atoms with Crippen molar-refractivity contribution in [3.63, 3.8) is 0 Å². The first-order valence-corrected chi connectivity index (χ1v) is 5.85. The molecular weight excluding hydrogens is 231 g/mol. The van der Waals surface area contributed by atoms with Gasteiger partial charge in [-0.15, -0.1) is 0 Å². The molecule has 1 aliphatic heterocycles. The fraction of sp³-hybridized carbons (Fsp3) is 0.727. The van der Waals surface area contributed by atoms with Crippen molar-refractivity contribution in [2.24, 2.45) is 5.92 Å². The van der Waals surface area contributed by atoms with Gasteiger partial charge in [0, 0.05) is 24.3 Å². The third kappa shape index (κ3) is 2.62. The zero-order valence-corrected chi connectivity index (χ0v) is 9.67. The quantitative estimate of drug-likeness (QED) is 0.870. The highest BCUT2D eigenvalue weighted by Gasteiger charge is 2.46. The Kier molecular flexibility index (Phi) is 3.42. The molecule has 0 aromatic carbocycles. The van der Waals surface area contributed by atoms with Gasteiger partial charge in [0.25, 0.3) is 0 Å². The molecule has 1 aromatic heterocycles. The molecule has 2 rings (SSSR count). The van der Waals surface area contributed by atoms with Gasteiger partial charge in [0.2, 0.25) is 0 Å². The van der Waals surface area contributed by atoms with Crippen molar-refractivity contribution in [2.45, 2.75) is 38.5 Å². The summed E-state index contributed by atoms with van der Waals surface area (Å²) in [6.45, 7) is 3.21. The zero-order chi connectivity index (χ0) is 12.5. The third-order valence-electron chi connectivity index (χ3n) is 3.22. The van der Waals surface area contributed by atoms with Crippen LogP contribution in [-0.2, 0) is 6.54 Å². The fourth-order valence-electron chi connectivity index (χ4n) is 2.30. The van der Waals surface area contributed by atoms with Crippen molar-refractivity contribution in [3.8, 4) is 0 Å². The second kappa shape index (κ2) is 4.68. The van der Waals surface area contributed by atoms with E-state index in [0.717, 1.165) is 0 Å². The van der Waals surface area contributed by atoms with Crippen LogP contribution in [0.1, 0.15) is 31.4 Å². The van der Waals surface area contributed by atoms with Gasteiger partial charge in [-0.05, 0) is 26.3 Å². The molecule has 0 amide bonds. The van der Waals surface area contributed by atoms with Crippen LogP contribution in [0.15, 0.2) is 12.4 Å². The Morgan fingerprint density at radius 2 is 2.29 bits per heavy atom. The molecular formula is C11H16F3N3. The number of rotatable bonds is 2. The molecule has 2 atom stereocenters. The van der Waals surface area contributed by atoms with E-state index in [2.05, 4.69) is 10.4 Å². The third-order valence-corrected chi connectivity index (χ3v) is 3.22. The molecule has 0 saturated carbocycles. The van der Waals surface area contributed by atoms with Crippen LogP contribution in [-0.4, -0.2) is 22.5 Å². The number of nitrogens with one attached hydrogen (secondary N) is 1. The first-order chi connectivity index (χ1) is 8.02. The summed E-state index contributed by atoms with van der Waals surface area (Å²) in [5, 5.41) is 6.99. The van der Waals surface area contributed by atoms with Crippen LogP contribution >= 0.6 is 0 Å². The van der Waals surface area contributed by atoms with Gasteiger partial charge in [0.15, 0.2) is 0 Å². The number of aryl methyl sites for hydroxylation is 1. The summed E-state index contributed by atoms with van der Waals surface area (Å²) in [5.41, 5.74) is 0.633. The van der Waals surface area contributed by atoms with E-state index < -0.39 is 18.1 Å². The second-order valence-electron chi connectivity index (χ2n) is 4.35. The SMILES string of the molecule is CCn1cc(C2NCCCC2C(F)(F)F)cn1. The Morgan fingerprint density at radius 1 is 1.53 bits per heavy atom. The molecule has 2 unspecified atom stereocenters. The molecule has 17 heavy (non-hydrogen) atoms. The van der Waals surface area contributed by atoms with Gasteiger partial charge < -0.3 is 5.32 Å². The Hall–Kier alpha value is -1.04. The maximum Gasteiger partial charge on any atom is 0.393 e. The van der Waals surface area contributed by atoms with Crippen LogP contribution in [0.5, 0.6) is 0 Å². The average Bonchev–Trinajstić information content (AvgIpc) is 2.76. The van der Waals surface area contributed by atoms with E-state index >= 15 is 0 Å². The number of piperidine rings is 1. The van der Waals surface area contributed by atoms with Crippen molar-refractivity contribution in [2.75, 3.05) is 6.54 Å². The average molecular weight is 247 g/mol. The molecule has 96 valence electrons. The topological polar surface area (TPSA) is 29.9 Å². The summed E-state index contributed by atoms with van der Waals surface area (Å²) < 4.78 is 40.3. The normalized spacial score (nSPS) is 26.1. The molecule has 1 fully saturated rings. The molecule has 2 heterocycles. The monoisotopic (exact) mass is 247 g/mol. The summed E-state index contributed by atoms with van der Waals surface area (Å²) in [6.07, 6.45) is -0.152. The lowest BCUT2D eigenvalue weighted by Gasteiger charge is -2.33.